The van der Waals surface area contributed by atoms with Gasteiger partial charge in [-0.1, -0.05) is 48.5 Å². The van der Waals surface area contributed by atoms with Gasteiger partial charge in [0.1, 0.15) is 0 Å². The average molecular weight is 362 g/mol. The highest BCUT2D eigenvalue weighted by Gasteiger charge is 2.27. The van der Waals surface area contributed by atoms with Gasteiger partial charge in [0.05, 0.1) is 11.9 Å². The molecule has 0 unspecified atom stereocenters. The first-order chi connectivity index (χ1) is 13.1. The summed E-state index contributed by atoms with van der Waals surface area (Å²) in [5.74, 6) is -0.123. The molecule has 1 aromatic heterocycles. The van der Waals surface area contributed by atoms with Gasteiger partial charge in [0.2, 0.25) is 0 Å². The van der Waals surface area contributed by atoms with Crippen LogP contribution in [0, 0.1) is 0 Å². The van der Waals surface area contributed by atoms with Crippen LogP contribution in [0.1, 0.15) is 23.0 Å². The van der Waals surface area contributed by atoms with Gasteiger partial charge in [-0.25, -0.2) is 4.68 Å². The third-order valence-corrected chi connectivity index (χ3v) is 5.01. The minimum absolute atomic E-state index is 0.0845. The Bertz CT molecular complexity index is 1030. The van der Waals surface area contributed by atoms with Gasteiger partial charge in [0.15, 0.2) is 5.69 Å². The molecule has 0 saturated carbocycles. The highest BCUT2D eigenvalue weighted by atomic mass is 16.2. The Labute approximate surface area is 157 Å². The Morgan fingerprint density at radius 1 is 1.11 bits per heavy atom. The van der Waals surface area contributed by atoms with Crippen LogP contribution in [0.4, 0.5) is 0 Å². The predicted molar refractivity (Wildman–Crippen MR) is 105 cm³/mol. The summed E-state index contributed by atoms with van der Waals surface area (Å²) in [5.41, 5.74) is 1.13. The second-order valence-corrected chi connectivity index (χ2v) is 6.89. The number of rotatable bonds is 3. The van der Waals surface area contributed by atoms with E-state index in [0.29, 0.717) is 29.6 Å². The van der Waals surface area contributed by atoms with Crippen LogP contribution in [0.3, 0.4) is 0 Å². The van der Waals surface area contributed by atoms with Crippen molar-refractivity contribution in [2.24, 2.45) is 0 Å². The van der Waals surface area contributed by atoms with Crippen molar-refractivity contribution < 1.29 is 4.79 Å². The van der Waals surface area contributed by atoms with Crippen LogP contribution in [0.5, 0.6) is 0 Å². The van der Waals surface area contributed by atoms with Crippen LogP contribution < -0.4 is 10.9 Å². The molecule has 1 saturated heterocycles. The molecule has 138 valence electrons. The zero-order chi connectivity index (χ0) is 18.8. The van der Waals surface area contributed by atoms with E-state index in [1.54, 1.807) is 12.1 Å². The quantitative estimate of drug-likeness (QED) is 0.773. The van der Waals surface area contributed by atoms with Crippen LogP contribution in [-0.2, 0) is 6.54 Å². The van der Waals surface area contributed by atoms with Gasteiger partial charge in [-0.05, 0) is 18.6 Å². The Morgan fingerprint density at radius 3 is 2.56 bits per heavy atom. The second kappa shape index (κ2) is 7.32. The average Bonchev–Trinajstić information content (AvgIpc) is 2.71. The number of nitrogens with zero attached hydrogens (tertiary/aromatic N) is 3. The van der Waals surface area contributed by atoms with Crippen molar-refractivity contribution in [3.8, 4) is 0 Å². The van der Waals surface area contributed by atoms with Gasteiger partial charge in [-0.3, -0.25) is 9.59 Å². The molecule has 0 bridgehead atoms. The first kappa shape index (κ1) is 17.4. The number of carbonyl (C=O) groups excluding carboxylic acids is 1. The molecule has 3 aromatic rings. The minimum atomic E-state index is -0.181. The molecule has 2 heterocycles. The summed E-state index contributed by atoms with van der Waals surface area (Å²) < 4.78 is 1.40. The van der Waals surface area contributed by atoms with Crippen molar-refractivity contribution in [2.75, 3.05) is 19.6 Å². The third-order valence-electron chi connectivity index (χ3n) is 5.01. The van der Waals surface area contributed by atoms with Crippen LogP contribution >= 0.6 is 0 Å². The van der Waals surface area contributed by atoms with Gasteiger partial charge in [0, 0.05) is 31.1 Å². The monoisotopic (exact) mass is 362 g/mol. The van der Waals surface area contributed by atoms with Crippen molar-refractivity contribution in [1.82, 2.24) is 20.0 Å². The lowest BCUT2D eigenvalue weighted by Gasteiger charge is -2.33. The molecule has 1 atom stereocenters. The molecule has 6 nitrogen and oxygen atoms in total. The van der Waals surface area contributed by atoms with Crippen LogP contribution in [-0.4, -0.2) is 46.3 Å². The van der Waals surface area contributed by atoms with E-state index in [2.05, 4.69) is 10.4 Å². The van der Waals surface area contributed by atoms with Crippen molar-refractivity contribution in [1.29, 1.82) is 0 Å². The Morgan fingerprint density at radius 2 is 1.81 bits per heavy atom. The van der Waals surface area contributed by atoms with Gasteiger partial charge in [-0.15, -0.1) is 0 Å². The van der Waals surface area contributed by atoms with E-state index in [1.165, 1.54) is 4.68 Å². The lowest BCUT2D eigenvalue weighted by Crippen LogP contribution is -2.52. The Kier molecular flexibility index (Phi) is 4.73. The lowest BCUT2D eigenvalue weighted by atomic mass is 10.1. The maximum absolute atomic E-state index is 13.3. The molecule has 0 aliphatic carbocycles. The topological polar surface area (TPSA) is 67.2 Å². The standard InChI is InChI=1S/C21H22N4O2/c1-15-13-22-11-12-24(15)21(27)19-17-9-5-6-10-18(17)20(26)25(23-19)14-16-7-3-2-4-8-16/h2-10,15,22H,11-14H2,1H3/t15-/m1/s1. The number of aromatic nitrogens is 2. The summed E-state index contributed by atoms with van der Waals surface area (Å²) in [5, 5.41) is 8.93. The maximum Gasteiger partial charge on any atom is 0.275 e. The minimum Gasteiger partial charge on any atom is -0.332 e. The highest BCUT2D eigenvalue weighted by Crippen LogP contribution is 2.17. The molecule has 1 aliphatic heterocycles. The fourth-order valence-electron chi connectivity index (χ4n) is 3.54. The van der Waals surface area contributed by atoms with E-state index < -0.39 is 0 Å². The predicted octanol–water partition coefficient (Wildman–Crippen LogP) is 1.88. The van der Waals surface area contributed by atoms with Crippen molar-refractivity contribution in [2.45, 2.75) is 19.5 Å². The summed E-state index contributed by atoms with van der Waals surface area (Å²) in [6.45, 7) is 4.51. The van der Waals surface area contributed by atoms with E-state index in [-0.39, 0.29) is 17.5 Å². The van der Waals surface area contributed by atoms with E-state index in [0.717, 1.165) is 18.7 Å². The molecular weight excluding hydrogens is 340 g/mol. The van der Waals surface area contributed by atoms with E-state index in [4.69, 9.17) is 0 Å². The number of piperazine rings is 1. The number of hydrogen-bond donors (Lipinski definition) is 1. The smallest absolute Gasteiger partial charge is 0.275 e. The number of hydrogen-bond acceptors (Lipinski definition) is 4. The number of nitrogens with one attached hydrogen (secondary N) is 1. The molecule has 6 heteroatoms. The molecule has 1 fully saturated rings. The molecule has 1 aliphatic rings. The lowest BCUT2D eigenvalue weighted by molar-refractivity contribution is 0.0649. The molecule has 27 heavy (non-hydrogen) atoms. The second-order valence-electron chi connectivity index (χ2n) is 6.89. The zero-order valence-corrected chi connectivity index (χ0v) is 15.3. The van der Waals surface area contributed by atoms with E-state index in [1.807, 2.05) is 54.3 Å². The molecule has 0 radical (unpaired) electrons. The highest BCUT2D eigenvalue weighted by molar-refractivity contribution is 6.04. The molecule has 0 spiro atoms. The van der Waals surface area contributed by atoms with Crippen molar-refractivity contribution in [3.63, 3.8) is 0 Å². The molecule has 1 N–H and O–H groups in total. The fourth-order valence-corrected chi connectivity index (χ4v) is 3.54. The third kappa shape index (κ3) is 3.36. The summed E-state index contributed by atoms with van der Waals surface area (Å²) in [7, 11) is 0. The first-order valence-corrected chi connectivity index (χ1v) is 9.20. The zero-order valence-electron chi connectivity index (χ0n) is 15.3. The van der Waals surface area contributed by atoms with Crippen LogP contribution in [0.2, 0.25) is 0 Å². The SMILES string of the molecule is C[C@@H]1CNCCN1C(=O)c1nn(Cc2ccccc2)c(=O)c2ccccc12. The summed E-state index contributed by atoms with van der Waals surface area (Å²) >= 11 is 0. The summed E-state index contributed by atoms with van der Waals surface area (Å²) in [6.07, 6.45) is 0. The normalized spacial score (nSPS) is 17.2. The van der Waals surface area contributed by atoms with E-state index >= 15 is 0 Å². The van der Waals surface area contributed by atoms with Gasteiger partial charge in [0.25, 0.3) is 11.5 Å². The van der Waals surface area contributed by atoms with Crippen LogP contribution in [0.25, 0.3) is 10.8 Å². The molecule has 1 amide bonds. The Hall–Kier alpha value is -2.99. The van der Waals surface area contributed by atoms with Gasteiger partial charge >= 0.3 is 0 Å². The molecular formula is C21H22N4O2. The maximum atomic E-state index is 13.3. The Balaban J connectivity index is 1.83. The van der Waals surface area contributed by atoms with Crippen LogP contribution in [0.15, 0.2) is 59.4 Å². The molecule has 4 rings (SSSR count). The number of fused-ring (bicyclic) bond motifs is 1. The van der Waals surface area contributed by atoms with Gasteiger partial charge < -0.3 is 10.2 Å². The number of benzene rings is 2. The molecule has 2 aromatic carbocycles. The van der Waals surface area contributed by atoms with Gasteiger partial charge in [-0.2, -0.15) is 5.10 Å². The number of amides is 1. The summed E-state index contributed by atoms with van der Waals surface area (Å²) in [4.78, 5) is 28.0. The largest absolute Gasteiger partial charge is 0.332 e. The van der Waals surface area contributed by atoms with Crippen molar-refractivity contribution in [3.05, 3.63) is 76.2 Å². The first-order valence-electron chi connectivity index (χ1n) is 9.20. The fraction of sp³-hybridized carbons (Fsp3) is 0.286. The van der Waals surface area contributed by atoms with Crippen molar-refractivity contribution >= 4 is 16.7 Å². The summed E-state index contributed by atoms with van der Waals surface area (Å²) in [6, 6.07) is 17.0. The number of carbonyl (C=O) groups is 1. The van der Waals surface area contributed by atoms with E-state index in [9.17, 15) is 9.59 Å².